The molecule has 3 atom stereocenters. The van der Waals surface area contributed by atoms with Gasteiger partial charge in [0.25, 0.3) is 0 Å². The summed E-state index contributed by atoms with van der Waals surface area (Å²) in [5.41, 5.74) is 0.977. The Kier molecular flexibility index (Phi) is 10.9. The third kappa shape index (κ3) is 8.98. The molecule has 1 aliphatic heterocycles. The summed E-state index contributed by atoms with van der Waals surface area (Å²) >= 11 is 0. The van der Waals surface area contributed by atoms with Crippen LogP contribution in [0.25, 0.3) is 0 Å². The number of nitrogens with zero attached hydrogens (tertiary/aromatic N) is 1. The van der Waals surface area contributed by atoms with Crippen LogP contribution in [0.2, 0.25) is 0 Å². The Morgan fingerprint density at radius 3 is 2.74 bits per heavy atom. The quantitative estimate of drug-likeness (QED) is 0.251. The highest BCUT2D eigenvalue weighted by Crippen LogP contribution is 2.22. The van der Waals surface area contributed by atoms with Crippen LogP contribution in [-0.2, 0) is 14.3 Å². The van der Waals surface area contributed by atoms with Gasteiger partial charge >= 0.3 is 5.97 Å². The largest absolute Gasteiger partial charge is 0.469 e. The molecule has 1 aromatic carbocycles. The second-order valence-electron chi connectivity index (χ2n) is 8.16. The molecule has 1 saturated heterocycles. The van der Waals surface area contributed by atoms with Gasteiger partial charge in [-0.3, -0.25) is 9.59 Å². The predicted octanol–water partition coefficient (Wildman–Crippen LogP) is 4.10. The van der Waals surface area contributed by atoms with Gasteiger partial charge < -0.3 is 14.7 Å². The van der Waals surface area contributed by atoms with E-state index >= 15 is 0 Å². The number of amides is 1. The van der Waals surface area contributed by atoms with Crippen molar-refractivity contribution in [2.24, 2.45) is 5.92 Å². The smallest absolute Gasteiger partial charge is 0.305 e. The van der Waals surface area contributed by atoms with E-state index in [0.29, 0.717) is 19.3 Å². The second-order valence-corrected chi connectivity index (χ2v) is 8.16. The summed E-state index contributed by atoms with van der Waals surface area (Å²) in [5, 5.41) is 10.5. The molecule has 168 valence electrons. The lowest BCUT2D eigenvalue weighted by Gasteiger charge is -2.23. The minimum Gasteiger partial charge on any atom is -0.469 e. The summed E-state index contributed by atoms with van der Waals surface area (Å²) in [5.74, 6) is 6.30. The number of methoxy groups -OCH3 is 1. The molecule has 1 fully saturated rings. The van der Waals surface area contributed by atoms with Crippen molar-refractivity contribution in [1.29, 1.82) is 0 Å². The highest BCUT2D eigenvalue weighted by atomic mass is 16.5. The van der Waals surface area contributed by atoms with Gasteiger partial charge in [0, 0.05) is 31.4 Å². The fraction of sp³-hybridized carbons (Fsp3) is 0.538. The van der Waals surface area contributed by atoms with Crippen LogP contribution in [0.15, 0.2) is 42.5 Å². The fourth-order valence-electron chi connectivity index (χ4n) is 3.64. The number of carbonyl (C=O) groups excluding carboxylic acids is 2. The summed E-state index contributed by atoms with van der Waals surface area (Å²) in [7, 11) is 1.41. The van der Waals surface area contributed by atoms with Gasteiger partial charge in [0.2, 0.25) is 5.91 Å². The summed E-state index contributed by atoms with van der Waals surface area (Å²) in [6, 6.07) is 9.88. The first kappa shape index (κ1) is 24.7. The van der Waals surface area contributed by atoms with Crippen molar-refractivity contribution in [3.8, 4) is 11.8 Å². The van der Waals surface area contributed by atoms with E-state index in [1.54, 1.807) is 0 Å². The lowest BCUT2D eigenvalue weighted by molar-refractivity contribution is -0.140. The molecular weight excluding hydrogens is 390 g/mol. The highest BCUT2D eigenvalue weighted by molar-refractivity contribution is 5.79. The predicted molar refractivity (Wildman–Crippen MR) is 122 cm³/mol. The van der Waals surface area contributed by atoms with Crippen molar-refractivity contribution in [3.63, 3.8) is 0 Å². The van der Waals surface area contributed by atoms with Crippen LogP contribution in [0.4, 0.5) is 0 Å². The number of hydrogen-bond donors (Lipinski definition) is 1. The van der Waals surface area contributed by atoms with Crippen molar-refractivity contribution < 1.29 is 19.4 Å². The fourth-order valence-corrected chi connectivity index (χ4v) is 3.64. The molecule has 31 heavy (non-hydrogen) atoms. The van der Waals surface area contributed by atoms with Crippen molar-refractivity contribution in [2.75, 3.05) is 13.7 Å². The van der Waals surface area contributed by atoms with E-state index in [1.807, 2.05) is 54.3 Å². The van der Waals surface area contributed by atoms with Crippen LogP contribution in [0.1, 0.15) is 63.9 Å². The maximum absolute atomic E-state index is 12.2. The summed E-state index contributed by atoms with van der Waals surface area (Å²) < 4.78 is 4.64. The minimum atomic E-state index is -0.582. The van der Waals surface area contributed by atoms with Crippen LogP contribution < -0.4 is 0 Å². The van der Waals surface area contributed by atoms with E-state index in [-0.39, 0.29) is 23.8 Å². The van der Waals surface area contributed by atoms with Gasteiger partial charge in [-0.1, -0.05) is 62.0 Å². The molecule has 0 unspecified atom stereocenters. The first-order valence-electron chi connectivity index (χ1n) is 11.3. The molecule has 1 aromatic rings. The van der Waals surface area contributed by atoms with Crippen LogP contribution >= 0.6 is 0 Å². The average molecular weight is 426 g/mol. The number of benzene rings is 1. The zero-order valence-electron chi connectivity index (χ0n) is 18.8. The number of aliphatic hydroxyl groups is 1. The van der Waals surface area contributed by atoms with Crippen molar-refractivity contribution >= 4 is 11.9 Å². The van der Waals surface area contributed by atoms with Gasteiger partial charge in [0.15, 0.2) is 0 Å². The topological polar surface area (TPSA) is 66.8 Å². The van der Waals surface area contributed by atoms with Gasteiger partial charge in [-0.2, -0.15) is 0 Å². The van der Waals surface area contributed by atoms with E-state index in [4.69, 9.17) is 0 Å². The Morgan fingerprint density at radius 2 is 2.00 bits per heavy atom. The standard InChI is InChI=1S/C26H35NO4/c1-21(11-10-14-22-12-6-5-7-13-22)24(28)18-16-23-17-19-25(29)27(23)20-9-4-3-8-15-26(30)31-2/h5-7,12-13,16,18,21,23-24,28H,3-4,8-9,11,15,17,19-20H2,1-2H3/t21-,23+,24+/m1/s1. The average Bonchev–Trinajstić information content (AvgIpc) is 3.14. The first-order chi connectivity index (χ1) is 15.0. The van der Waals surface area contributed by atoms with Crippen LogP contribution in [-0.4, -0.2) is 47.7 Å². The molecule has 0 bridgehead atoms. The minimum absolute atomic E-state index is 0.0211. The Morgan fingerprint density at radius 1 is 1.26 bits per heavy atom. The number of ether oxygens (including phenoxy) is 1. The lowest BCUT2D eigenvalue weighted by Crippen LogP contribution is -2.33. The number of carbonyl (C=O) groups is 2. The van der Waals surface area contributed by atoms with Gasteiger partial charge in [-0.15, -0.1) is 0 Å². The van der Waals surface area contributed by atoms with Gasteiger partial charge in [-0.05, 0) is 37.3 Å². The zero-order valence-corrected chi connectivity index (χ0v) is 18.8. The van der Waals surface area contributed by atoms with Crippen LogP contribution in [0, 0.1) is 17.8 Å². The first-order valence-corrected chi connectivity index (χ1v) is 11.3. The monoisotopic (exact) mass is 425 g/mol. The van der Waals surface area contributed by atoms with Crippen molar-refractivity contribution in [2.45, 2.75) is 70.4 Å². The van der Waals surface area contributed by atoms with Crippen LogP contribution in [0.3, 0.4) is 0 Å². The van der Waals surface area contributed by atoms with Crippen LogP contribution in [0.5, 0.6) is 0 Å². The molecule has 0 spiro atoms. The van der Waals surface area contributed by atoms with Gasteiger partial charge in [0.05, 0.1) is 19.3 Å². The molecular formula is C26H35NO4. The molecule has 5 nitrogen and oxygen atoms in total. The van der Waals surface area contributed by atoms with E-state index in [9.17, 15) is 14.7 Å². The number of unbranched alkanes of at least 4 members (excludes halogenated alkanes) is 3. The van der Waals surface area contributed by atoms with Gasteiger partial charge in [0.1, 0.15) is 0 Å². The molecule has 5 heteroatoms. The van der Waals surface area contributed by atoms with Crippen molar-refractivity contribution in [1.82, 2.24) is 4.90 Å². The Hall–Kier alpha value is -2.58. The summed E-state index contributed by atoms with van der Waals surface area (Å²) in [6.45, 7) is 2.71. The van der Waals surface area contributed by atoms with Gasteiger partial charge in [-0.25, -0.2) is 0 Å². The van der Waals surface area contributed by atoms with Crippen molar-refractivity contribution in [3.05, 3.63) is 48.0 Å². The maximum atomic E-state index is 12.2. The number of aliphatic hydroxyl groups excluding tert-OH is 1. The normalized spacial score (nSPS) is 18.0. The Labute approximate surface area is 186 Å². The summed E-state index contributed by atoms with van der Waals surface area (Å²) in [4.78, 5) is 25.3. The third-order valence-corrected chi connectivity index (χ3v) is 5.68. The van der Waals surface area contributed by atoms with E-state index in [2.05, 4.69) is 16.6 Å². The van der Waals surface area contributed by atoms with E-state index in [0.717, 1.165) is 44.2 Å². The number of likely N-dealkylation sites (tertiary alicyclic amines) is 1. The third-order valence-electron chi connectivity index (χ3n) is 5.68. The summed E-state index contributed by atoms with van der Waals surface area (Å²) in [6.07, 6.45) is 9.32. The molecule has 1 N–H and O–H groups in total. The number of hydrogen-bond acceptors (Lipinski definition) is 4. The zero-order chi connectivity index (χ0) is 22.5. The molecule has 1 amide bonds. The van der Waals surface area contributed by atoms with E-state index < -0.39 is 6.10 Å². The lowest BCUT2D eigenvalue weighted by atomic mass is 9.99. The molecule has 0 saturated carbocycles. The van der Waals surface area contributed by atoms with E-state index in [1.165, 1.54) is 7.11 Å². The molecule has 1 heterocycles. The maximum Gasteiger partial charge on any atom is 0.305 e. The highest BCUT2D eigenvalue weighted by Gasteiger charge is 2.28. The molecule has 0 aliphatic carbocycles. The Balaban J connectivity index is 1.74. The Bertz CT molecular complexity index is 778. The molecule has 2 rings (SSSR count). The number of esters is 1. The number of rotatable bonds is 11. The molecule has 0 radical (unpaired) electrons. The SMILES string of the molecule is COC(=O)CCCCCCN1C(=O)CC[C@@H]1C=C[C@H](O)[C@H](C)CC#Cc1ccccc1. The molecule has 1 aliphatic rings. The molecule has 0 aromatic heterocycles. The second kappa shape index (κ2) is 13.7.